The molecule has 0 bridgehead atoms. The summed E-state index contributed by atoms with van der Waals surface area (Å²) in [6, 6.07) is 15.4. The Balaban J connectivity index is 1.76. The van der Waals surface area contributed by atoms with E-state index >= 15 is 0 Å². The second-order valence-electron chi connectivity index (χ2n) is 8.70. The van der Waals surface area contributed by atoms with Gasteiger partial charge in [0.25, 0.3) is 10.0 Å². The summed E-state index contributed by atoms with van der Waals surface area (Å²) in [6.07, 6.45) is 3.66. The van der Waals surface area contributed by atoms with Gasteiger partial charge in [-0.25, -0.2) is 26.6 Å². The predicted molar refractivity (Wildman–Crippen MR) is 137 cm³/mol. The number of hydrogen-bond donors (Lipinski definition) is 2. The third-order valence-corrected chi connectivity index (χ3v) is 8.18. The molecule has 1 aliphatic carbocycles. The molecule has 0 fully saturated rings. The Morgan fingerprint density at radius 1 is 1.14 bits per heavy atom. The van der Waals surface area contributed by atoms with Crippen LogP contribution in [0.4, 0.5) is 9.18 Å². The number of nitrogens with zero attached hydrogens (tertiary/aromatic N) is 2. The molecule has 10 heteroatoms. The van der Waals surface area contributed by atoms with Gasteiger partial charge in [-0.05, 0) is 72.9 Å². The number of halogens is 1. The fourth-order valence-electron chi connectivity index (χ4n) is 4.74. The van der Waals surface area contributed by atoms with E-state index in [4.69, 9.17) is 9.84 Å². The normalized spacial score (nSPS) is 15.8. The molecule has 5 rings (SSSR count). The average Bonchev–Trinajstić information content (AvgIpc) is 3.30. The minimum absolute atomic E-state index is 0.103. The molecule has 0 radical (unpaired) electrons. The highest BCUT2D eigenvalue weighted by atomic mass is 32.2. The quantitative estimate of drug-likeness (QED) is 0.357. The zero-order chi connectivity index (χ0) is 26.2. The molecule has 0 saturated carbocycles. The van der Waals surface area contributed by atoms with E-state index in [2.05, 4.69) is 10.3 Å². The average molecular weight is 522 g/mol. The van der Waals surface area contributed by atoms with Crippen molar-refractivity contribution in [2.24, 2.45) is 0 Å². The zero-order valence-electron chi connectivity index (χ0n) is 19.9. The number of amides is 1. The molecule has 1 atom stereocenters. The van der Waals surface area contributed by atoms with Gasteiger partial charge in [0, 0.05) is 23.2 Å². The van der Waals surface area contributed by atoms with Gasteiger partial charge in [-0.3, -0.25) is 0 Å². The Bertz CT molecular complexity index is 1630. The topological polar surface area (TPSA) is 111 Å². The van der Waals surface area contributed by atoms with Gasteiger partial charge < -0.3 is 15.2 Å². The molecule has 0 saturated heterocycles. The number of carboxylic acid groups (broad SMARTS) is 1. The molecule has 2 N–H and O–H groups in total. The lowest BCUT2D eigenvalue weighted by molar-refractivity contribution is 0.189. The molecular formula is C27H24FN3O5S. The van der Waals surface area contributed by atoms with E-state index in [-0.39, 0.29) is 16.6 Å². The van der Waals surface area contributed by atoms with Crippen LogP contribution in [-0.4, -0.2) is 41.7 Å². The molecule has 8 nitrogen and oxygen atoms in total. The summed E-state index contributed by atoms with van der Waals surface area (Å²) < 4.78 is 48.8. The van der Waals surface area contributed by atoms with E-state index in [9.17, 15) is 17.6 Å². The number of hydrogen-bond acceptors (Lipinski definition) is 5. The first-order valence-electron chi connectivity index (χ1n) is 11.6. The summed E-state index contributed by atoms with van der Waals surface area (Å²) in [4.78, 5) is 15.6. The first-order chi connectivity index (χ1) is 17.8. The Morgan fingerprint density at radius 2 is 1.92 bits per heavy atom. The molecule has 190 valence electrons. The van der Waals surface area contributed by atoms with Gasteiger partial charge in [-0.2, -0.15) is 0 Å². The van der Waals surface area contributed by atoms with Crippen LogP contribution in [0.2, 0.25) is 0 Å². The number of pyridine rings is 1. The van der Waals surface area contributed by atoms with Gasteiger partial charge in [0.2, 0.25) is 0 Å². The molecule has 2 aromatic heterocycles. The largest absolute Gasteiger partial charge is 0.496 e. The van der Waals surface area contributed by atoms with Crippen LogP contribution in [0.5, 0.6) is 5.75 Å². The van der Waals surface area contributed by atoms with Gasteiger partial charge in [0.1, 0.15) is 11.6 Å². The van der Waals surface area contributed by atoms with Crippen molar-refractivity contribution < 1.29 is 27.4 Å². The number of methoxy groups -OCH3 is 1. The first kappa shape index (κ1) is 24.5. The van der Waals surface area contributed by atoms with Crippen LogP contribution in [0, 0.1) is 5.82 Å². The van der Waals surface area contributed by atoms with Gasteiger partial charge in [0.15, 0.2) is 5.65 Å². The molecule has 1 amide bonds. The van der Waals surface area contributed by atoms with Gasteiger partial charge in [-0.15, -0.1) is 0 Å². The summed E-state index contributed by atoms with van der Waals surface area (Å²) in [6.45, 7) is 0. The highest BCUT2D eigenvalue weighted by Crippen LogP contribution is 2.40. The molecular weight excluding hydrogens is 497 g/mol. The Hall–Kier alpha value is -4.18. The zero-order valence-corrected chi connectivity index (χ0v) is 20.7. The molecule has 0 spiro atoms. The van der Waals surface area contributed by atoms with Crippen LogP contribution in [0.3, 0.4) is 0 Å². The molecule has 4 aromatic rings. The summed E-state index contributed by atoms with van der Waals surface area (Å²) in [5.41, 5.74) is 2.45. The fraction of sp³-hybridized carbons (Fsp3) is 0.185. The van der Waals surface area contributed by atoms with Crippen LogP contribution in [0.15, 0.2) is 77.8 Å². The van der Waals surface area contributed by atoms with Gasteiger partial charge in [0.05, 0.1) is 17.7 Å². The maximum atomic E-state index is 14.3. The van der Waals surface area contributed by atoms with Crippen molar-refractivity contribution in [3.05, 3.63) is 84.4 Å². The molecule has 1 unspecified atom stereocenters. The van der Waals surface area contributed by atoms with E-state index in [1.807, 2.05) is 6.08 Å². The summed E-state index contributed by atoms with van der Waals surface area (Å²) in [5.74, 6) is -0.0159. The van der Waals surface area contributed by atoms with Crippen molar-refractivity contribution in [2.75, 3.05) is 7.11 Å². The second kappa shape index (κ2) is 9.70. The van der Waals surface area contributed by atoms with E-state index in [1.54, 1.807) is 30.3 Å². The molecule has 2 aromatic carbocycles. The van der Waals surface area contributed by atoms with Crippen molar-refractivity contribution in [1.29, 1.82) is 0 Å². The summed E-state index contributed by atoms with van der Waals surface area (Å²) >= 11 is 0. The minimum Gasteiger partial charge on any atom is -0.496 e. The highest BCUT2D eigenvalue weighted by Gasteiger charge is 2.28. The van der Waals surface area contributed by atoms with Crippen molar-refractivity contribution in [3.63, 3.8) is 0 Å². The maximum Gasteiger partial charge on any atom is 0.404 e. The number of carbonyl (C=O) groups is 1. The summed E-state index contributed by atoms with van der Waals surface area (Å²) in [7, 11) is -2.57. The number of allylic oxidation sites excluding steroid dienone is 1. The van der Waals surface area contributed by atoms with Crippen molar-refractivity contribution >= 4 is 32.7 Å². The van der Waals surface area contributed by atoms with E-state index in [0.717, 1.165) is 5.57 Å². The lowest BCUT2D eigenvalue weighted by atomic mass is 9.93. The number of aromatic nitrogens is 2. The SMILES string of the molecule is COc1ccc(F)cc1-c1ccnc2c1cc(C1=CCC(NC(=O)O)CC1)n2S(=O)(=O)c1ccccc1. The lowest BCUT2D eigenvalue weighted by Gasteiger charge is -2.22. The number of rotatable bonds is 6. The molecule has 1 aliphatic rings. The second-order valence-corrected chi connectivity index (χ2v) is 10.5. The number of nitrogens with one attached hydrogen (secondary N) is 1. The predicted octanol–water partition coefficient (Wildman–Crippen LogP) is 5.29. The minimum atomic E-state index is -4.06. The third kappa shape index (κ3) is 4.55. The fourth-order valence-corrected chi connectivity index (χ4v) is 6.25. The van der Waals surface area contributed by atoms with Crippen LogP contribution in [-0.2, 0) is 10.0 Å². The number of benzene rings is 2. The van der Waals surface area contributed by atoms with E-state index in [0.29, 0.717) is 47.2 Å². The van der Waals surface area contributed by atoms with Crippen LogP contribution in [0.1, 0.15) is 25.0 Å². The van der Waals surface area contributed by atoms with Crippen LogP contribution in [0.25, 0.3) is 27.7 Å². The molecule has 37 heavy (non-hydrogen) atoms. The first-order valence-corrected chi connectivity index (χ1v) is 13.1. The maximum absolute atomic E-state index is 14.3. The Kier molecular flexibility index (Phi) is 6.43. The van der Waals surface area contributed by atoms with Crippen molar-refractivity contribution in [2.45, 2.75) is 30.2 Å². The van der Waals surface area contributed by atoms with Crippen molar-refractivity contribution in [3.8, 4) is 16.9 Å². The van der Waals surface area contributed by atoms with E-state index in [1.165, 1.54) is 47.6 Å². The van der Waals surface area contributed by atoms with Crippen LogP contribution < -0.4 is 10.1 Å². The molecule has 2 heterocycles. The highest BCUT2D eigenvalue weighted by molar-refractivity contribution is 7.90. The third-order valence-electron chi connectivity index (χ3n) is 6.46. The van der Waals surface area contributed by atoms with Crippen LogP contribution >= 0.6 is 0 Å². The smallest absolute Gasteiger partial charge is 0.404 e. The Morgan fingerprint density at radius 3 is 2.59 bits per heavy atom. The number of ether oxygens (including phenoxy) is 1. The van der Waals surface area contributed by atoms with Gasteiger partial charge in [-0.1, -0.05) is 24.3 Å². The van der Waals surface area contributed by atoms with Crippen molar-refractivity contribution in [1.82, 2.24) is 14.3 Å². The number of fused-ring (bicyclic) bond motifs is 1. The standard InChI is InChI=1S/C27H24FN3O5S/c1-36-25-12-9-18(28)15-22(25)21-13-14-29-26-23(21)16-24(17-7-10-19(11-8-17)30-27(32)33)31(26)37(34,35)20-5-3-2-4-6-20/h2-7,9,12-16,19,30H,8,10-11H2,1H3,(H,32,33). The summed E-state index contributed by atoms with van der Waals surface area (Å²) in [5, 5.41) is 12.1. The lowest BCUT2D eigenvalue weighted by Crippen LogP contribution is -2.34. The molecule has 0 aliphatic heterocycles. The van der Waals surface area contributed by atoms with Gasteiger partial charge >= 0.3 is 6.09 Å². The monoisotopic (exact) mass is 521 g/mol. The van der Waals surface area contributed by atoms with E-state index < -0.39 is 21.9 Å². The Labute approximate surface area is 213 Å².